The average Bonchev–Trinajstić information content (AvgIpc) is 3.46. The van der Waals surface area contributed by atoms with Crippen LogP contribution in [-0.2, 0) is 28.9 Å². The van der Waals surface area contributed by atoms with Crippen molar-refractivity contribution in [2.75, 3.05) is 7.11 Å². The Morgan fingerprint density at radius 2 is 2.03 bits per heavy atom. The van der Waals surface area contributed by atoms with Crippen LogP contribution in [0.2, 0.25) is 0 Å². The summed E-state index contributed by atoms with van der Waals surface area (Å²) in [5.74, 6) is -0.638. The van der Waals surface area contributed by atoms with Crippen LogP contribution in [0.3, 0.4) is 0 Å². The number of thiazole rings is 1. The lowest BCUT2D eigenvalue weighted by Crippen LogP contribution is -2.29. The second-order valence-electron chi connectivity index (χ2n) is 7.67. The number of carbonyl (C=O) groups excluding carboxylic acids is 1. The molecule has 0 radical (unpaired) electrons. The Kier molecular flexibility index (Phi) is 8.60. The number of benzene rings is 1. The van der Waals surface area contributed by atoms with Gasteiger partial charge >= 0.3 is 5.97 Å². The number of rotatable bonds is 11. The maximum atomic E-state index is 13.0. The molecule has 2 heterocycles. The molecule has 33 heavy (non-hydrogen) atoms. The summed E-state index contributed by atoms with van der Waals surface area (Å²) in [5, 5.41) is 15.2. The summed E-state index contributed by atoms with van der Waals surface area (Å²) in [6, 6.07) is 9.39. The highest BCUT2D eigenvalue weighted by molar-refractivity contribution is 7.21. The van der Waals surface area contributed by atoms with Gasteiger partial charge in [0, 0.05) is 23.4 Å². The van der Waals surface area contributed by atoms with Crippen LogP contribution in [0.1, 0.15) is 47.3 Å². The molecule has 0 saturated heterocycles. The summed E-state index contributed by atoms with van der Waals surface area (Å²) in [6.45, 7) is 5.84. The molecule has 3 aromatic rings. The number of ether oxygens (including phenoxy) is 2. The second-order valence-corrected chi connectivity index (χ2v) is 9.70. The third kappa shape index (κ3) is 6.40. The number of carboxylic acids is 1. The summed E-state index contributed by atoms with van der Waals surface area (Å²) in [6.07, 6.45) is -0.210. The van der Waals surface area contributed by atoms with Crippen molar-refractivity contribution in [1.82, 2.24) is 10.3 Å². The summed E-state index contributed by atoms with van der Waals surface area (Å²) in [4.78, 5) is 31.1. The van der Waals surface area contributed by atoms with Crippen LogP contribution in [0.15, 0.2) is 35.7 Å². The Morgan fingerprint density at radius 1 is 1.24 bits per heavy atom. The topological polar surface area (TPSA) is 97.8 Å². The molecule has 7 nitrogen and oxygen atoms in total. The van der Waals surface area contributed by atoms with Crippen LogP contribution in [0.5, 0.6) is 5.75 Å². The van der Waals surface area contributed by atoms with Crippen molar-refractivity contribution in [1.29, 1.82) is 0 Å². The number of aryl methyl sites for hydroxylation is 1. The summed E-state index contributed by atoms with van der Waals surface area (Å²) >= 11 is 3.13. The molecule has 0 aliphatic rings. The third-order valence-corrected chi connectivity index (χ3v) is 7.12. The fourth-order valence-electron chi connectivity index (χ4n) is 3.37. The SMILES string of the molecule is CCc1sc(-c2cccs2)nc1C(=O)NCc1cc(CC(OC(C)C)C(=O)O)ccc1OC. The lowest BCUT2D eigenvalue weighted by molar-refractivity contribution is -0.153. The maximum absolute atomic E-state index is 13.0. The van der Waals surface area contributed by atoms with Crippen molar-refractivity contribution in [3.63, 3.8) is 0 Å². The maximum Gasteiger partial charge on any atom is 0.333 e. The van der Waals surface area contributed by atoms with Gasteiger partial charge in [-0.15, -0.1) is 22.7 Å². The molecule has 1 atom stereocenters. The summed E-state index contributed by atoms with van der Waals surface area (Å²) in [7, 11) is 1.56. The monoisotopic (exact) mass is 488 g/mol. The van der Waals surface area contributed by atoms with Gasteiger partial charge in [-0.3, -0.25) is 4.79 Å². The van der Waals surface area contributed by atoms with E-state index in [9.17, 15) is 14.7 Å². The summed E-state index contributed by atoms with van der Waals surface area (Å²) in [5.41, 5.74) is 1.98. The molecule has 176 valence electrons. The van der Waals surface area contributed by atoms with Gasteiger partial charge < -0.3 is 19.9 Å². The van der Waals surface area contributed by atoms with Gasteiger partial charge in [-0.25, -0.2) is 9.78 Å². The third-order valence-electron chi connectivity index (χ3n) is 4.88. The van der Waals surface area contributed by atoms with Crippen LogP contribution in [-0.4, -0.2) is 41.3 Å². The van der Waals surface area contributed by atoms with Gasteiger partial charge in [-0.1, -0.05) is 25.1 Å². The normalized spacial score (nSPS) is 12.0. The molecule has 2 aromatic heterocycles. The van der Waals surface area contributed by atoms with Gasteiger partial charge in [0.1, 0.15) is 16.5 Å². The highest BCUT2D eigenvalue weighted by atomic mass is 32.1. The van der Waals surface area contributed by atoms with E-state index in [-0.39, 0.29) is 25.0 Å². The van der Waals surface area contributed by atoms with Crippen LogP contribution in [0.25, 0.3) is 9.88 Å². The number of nitrogens with zero attached hydrogens (tertiary/aromatic N) is 1. The Balaban J connectivity index is 1.76. The fourth-order valence-corrected chi connectivity index (χ4v) is 5.16. The number of thiophene rings is 1. The zero-order valence-corrected chi connectivity index (χ0v) is 20.7. The minimum absolute atomic E-state index is 0.201. The molecule has 0 fully saturated rings. The Morgan fingerprint density at radius 3 is 2.64 bits per heavy atom. The molecule has 3 rings (SSSR count). The predicted molar refractivity (Wildman–Crippen MR) is 130 cm³/mol. The van der Waals surface area contributed by atoms with E-state index < -0.39 is 12.1 Å². The first kappa shape index (κ1) is 24.9. The molecule has 0 spiro atoms. The molecular formula is C24H28N2O5S2. The standard InChI is InChI=1S/C24H28N2O5S2/c1-5-19-21(26-23(33-19)20-7-6-10-32-20)22(27)25-13-16-11-15(8-9-17(16)30-4)12-18(24(28)29)31-14(2)3/h6-11,14,18H,5,12-13H2,1-4H3,(H,25,27)(H,28,29). The molecule has 1 amide bonds. The van der Waals surface area contributed by atoms with Crippen molar-refractivity contribution in [3.05, 3.63) is 57.4 Å². The molecule has 0 bridgehead atoms. The number of amides is 1. The predicted octanol–water partition coefficient (Wildman–Crippen LogP) is 4.79. The lowest BCUT2D eigenvalue weighted by atomic mass is 10.0. The number of hydrogen-bond donors (Lipinski definition) is 2. The van der Waals surface area contributed by atoms with Crippen LogP contribution >= 0.6 is 22.7 Å². The van der Waals surface area contributed by atoms with Crippen LogP contribution in [0.4, 0.5) is 0 Å². The molecule has 0 aliphatic heterocycles. The van der Waals surface area contributed by atoms with Gasteiger partial charge in [0.05, 0.1) is 18.1 Å². The number of carboxylic acid groups (broad SMARTS) is 1. The van der Waals surface area contributed by atoms with E-state index in [0.717, 1.165) is 32.3 Å². The van der Waals surface area contributed by atoms with Gasteiger partial charge in [0.25, 0.3) is 5.91 Å². The van der Waals surface area contributed by atoms with E-state index in [1.807, 2.05) is 36.6 Å². The number of hydrogen-bond acceptors (Lipinski definition) is 7. The average molecular weight is 489 g/mol. The second kappa shape index (κ2) is 11.4. The van der Waals surface area contributed by atoms with Crippen LogP contribution in [0, 0.1) is 0 Å². The highest BCUT2D eigenvalue weighted by Crippen LogP contribution is 2.31. The number of nitrogens with one attached hydrogen (secondary N) is 1. The van der Waals surface area contributed by atoms with Gasteiger partial charge in [-0.2, -0.15) is 0 Å². The molecule has 0 aliphatic carbocycles. The summed E-state index contributed by atoms with van der Waals surface area (Å²) < 4.78 is 11.0. The first-order chi connectivity index (χ1) is 15.8. The van der Waals surface area contributed by atoms with Crippen molar-refractivity contribution >= 4 is 34.6 Å². The smallest absolute Gasteiger partial charge is 0.333 e. The lowest BCUT2D eigenvalue weighted by Gasteiger charge is -2.18. The highest BCUT2D eigenvalue weighted by Gasteiger charge is 2.22. The van der Waals surface area contributed by atoms with Gasteiger partial charge in [-0.05, 0) is 43.3 Å². The quantitative estimate of drug-likeness (QED) is 0.403. The molecule has 0 saturated carbocycles. The minimum atomic E-state index is -1.01. The van der Waals surface area contributed by atoms with Crippen molar-refractivity contribution in [2.45, 2.75) is 52.4 Å². The number of carbonyl (C=O) groups is 2. The van der Waals surface area contributed by atoms with Gasteiger partial charge in [0.15, 0.2) is 6.10 Å². The Labute approximate surface area is 201 Å². The first-order valence-electron chi connectivity index (χ1n) is 10.7. The van der Waals surface area contributed by atoms with Crippen molar-refractivity contribution in [3.8, 4) is 15.6 Å². The molecule has 1 unspecified atom stereocenters. The Bertz CT molecular complexity index is 1090. The fraction of sp³-hybridized carbons (Fsp3) is 0.375. The largest absolute Gasteiger partial charge is 0.496 e. The van der Waals surface area contributed by atoms with E-state index in [1.54, 1.807) is 38.4 Å². The minimum Gasteiger partial charge on any atom is -0.496 e. The first-order valence-corrected chi connectivity index (χ1v) is 12.4. The van der Waals surface area contributed by atoms with Crippen molar-refractivity contribution in [2.24, 2.45) is 0 Å². The van der Waals surface area contributed by atoms with E-state index in [0.29, 0.717) is 11.4 Å². The molecule has 9 heteroatoms. The van der Waals surface area contributed by atoms with E-state index in [1.165, 1.54) is 11.3 Å². The zero-order chi connectivity index (χ0) is 24.0. The number of aliphatic carboxylic acids is 1. The zero-order valence-electron chi connectivity index (χ0n) is 19.1. The number of aromatic nitrogens is 1. The van der Waals surface area contributed by atoms with E-state index >= 15 is 0 Å². The van der Waals surface area contributed by atoms with E-state index in [2.05, 4.69) is 10.3 Å². The molecule has 1 aromatic carbocycles. The Hall–Kier alpha value is -2.75. The van der Waals surface area contributed by atoms with Gasteiger partial charge in [0.2, 0.25) is 0 Å². The van der Waals surface area contributed by atoms with Crippen LogP contribution < -0.4 is 10.1 Å². The molecular weight excluding hydrogens is 460 g/mol. The number of methoxy groups -OCH3 is 1. The molecule has 2 N–H and O–H groups in total. The van der Waals surface area contributed by atoms with Crippen molar-refractivity contribution < 1.29 is 24.2 Å². The van der Waals surface area contributed by atoms with E-state index in [4.69, 9.17) is 9.47 Å².